The number of hydrogen-bond donors (Lipinski definition) is 0. The summed E-state index contributed by atoms with van der Waals surface area (Å²) in [6, 6.07) is 0. The molecule has 0 saturated heterocycles. The summed E-state index contributed by atoms with van der Waals surface area (Å²) in [5.74, 6) is 0.526. The van der Waals surface area contributed by atoms with E-state index in [1.807, 2.05) is 0 Å². The summed E-state index contributed by atoms with van der Waals surface area (Å²) in [5.41, 5.74) is 0. The molecule has 0 amide bonds. The number of hydrogen-bond acceptors (Lipinski definition) is 6. The summed E-state index contributed by atoms with van der Waals surface area (Å²) in [7, 11) is 3.27. The van der Waals surface area contributed by atoms with Crippen molar-refractivity contribution in [2.45, 2.75) is 13.8 Å². The van der Waals surface area contributed by atoms with E-state index in [1.165, 1.54) is 0 Å². The average molecular weight is 446 g/mol. The Balaban J connectivity index is 3.24. The van der Waals surface area contributed by atoms with Crippen molar-refractivity contribution in [1.82, 2.24) is 0 Å². The number of rotatable bonds is 8. The minimum absolute atomic E-state index is 0.160. The first-order chi connectivity index (χ1) is 7.20. The fourth-order valence-corrected chi connectivity index (χ4v) is 11.6. The molecular weight excluding hydrogens is 431 g/mol. The van der Waals surface area contributed by atoms with E-state index >= 15 is 0 Å². The molecule has 7 heteroatoms. The number of carbonyl (C=O) groups is 2. The number of ether oxygens (including phenoxy) is 2. The molecule has 0 bridgehead atoms. The molecule has 0 aliphatic rings. The fraction of sp³-hybridized carbons (Fsp3) is 0.750. The van der Waals surface area contributed by atoms with Crippen LogP contribution in [0.3, 0.4) is 0 Å². The van der Waals surface area contributed by atoms with Crippen molar-refractivity contribution in [3.8, 4) is 0 Å². The molecule has 0 aliphatic heterocycles. The fourth-order valence-electron chi connectivity index (χ4n) is 0.624. The Hall–Kier alpha value is 0.562. The van der Waals surface area contributed by atoms with Gasteiger partial charge in [0.05, 0.1) is 0 Å². The molecule has 2 radical (unpaired) electrons. The maximum absolute atomic E-state index is 10.9. The van der Waals surface area contributed by atoms with Gasteiger partial charge in [0.1, 0.15) is 0 Å². The van der Waals surface area contributed by atoms with Crippen LogP contribution in [0.4, 0.5) is 0 Å². The molecule has 0 N–H and O–H groups in total. The van der Waals surface area contributed by atoms with Gasteiger partial charge in [0, 0.05) is 0 Å². The van der Waals surface area contributed by atoms with E-state index in [-0.39, 0.29) is 11.9 Å². The Bertz CT molecular complexity index is 181. The Morgan fingerprint density at radius 2 is 1.40 bits per heavy atom. The zero-order valence-corrected chi connectivity index (χ0v) is 14.3. The van der Waals surface area contributed by atoms with Gasteiger partial charge < -0.3 is 0 Å². The van der Waals surface area contributed by atoms with E-state index in [1.54, 1.807) is 30.5 Å². The summed E-state index contributed by atoms with van der Waals surface area (Å²) in [6.45, 7) is 4.45. The molecule has 0 heterocycles. The summed E-state index contributed by atoms with van der Waals surface area (Å²) >= 11 is -0.944. The molecule has 0 aromatic rings. The van der Waals surface area contributed by atoms with Crippen LogP contribution in [0.1, 0.15) is 13.8 Å². The van der Waals surface area contributed by atoms with Crippen LogP contribution in [0.5, 0.6) is 0 Å². The van der Waals surface area contributed by atoms with Gasteiger partial charge in [-0.3, -0.25) is 0 Å². The second kappa shape index (κ2) is 11.1. The van der Waals surface area contributed by atoms with Crippen LogP contribution in [0.15, 0.2) is 0 Å². The Morgan fingerprint density at radius 1 is 1.00 bits per heavy atom. The molecule has 0 aliphatic carbocycles. The van der Waals surface area contributed by atoms with E-state index in [2.05, 4.69) is 0 Å². The molecule has 86 valence electrons. The molecule has 0 rings (SSSR count). The first-order valence-corrected chi connectivity index (χ1v) is 16.0. The van der Waals surface area contributed by atoms with E-state index in [4.69, 9.17) is 9.47 Å². The molecular formula is C8H14O4PbS2. The Morgan fingerprint density at radius 3 is 1.73 bits per heavy atom. The monoisotopic (exact) mass is 446 g/mol. The third-order valence-electron chi connectivity index (χ3n) is 1.11. The second-order valence-electron chi connectivity index (χ2n) is 2.27. The van der Waals surface area contributed by atoms with Crippen molar-refractivity contribution in [1.29, 1.82) is 0 Å². The normalized spacial score (nSPS) is 9.73. The van der Waals surface area contributed by atoms with Gasteiger partial charge >= 0.3 is 107 Å². The van der Waals surface area contributed by atoms with Crippen LogP contribution >= 0.6 is 16.6 Å². The maximum atomic E-state index is 10.9. The molecule has 0 aromatic heterocycles. The van der Waals surface area contributed by atoms with Gasteiger partial charge in [-0.25, -0.2) is 0 Å². The van der Waals surface area contributed by atoms with Crippen LogP contribution in [0.2, 0.25) is 0 Å². The molecule has 0 unspecified atom stereocenters. The molecule has 15 heavy (non-hydrogen) atoms. The zero-order chi connectivity index (χ0) is 11.5. The first-order valence-electron chi connectivity index (χ1n) is 4.50. The van der Waals surface area contributed by atoms with E-state index in [0.29, 0.717) is 24.7 Å². The van der Waals surface area contributed by atoms with Gasteiger partial charge in [-0.2, -0.15) is 0 Å². The van der Waals surface area contributed by atoms with Gasteiger partial charge in [0.2, 0.25) is 0 Å². The van der Waals surface area contributed by atoms with Crippen LogP contribution in [0.25, 0.3) is 0 Å². The van der Waals surface area contributed by atoms with Crippen molar-refractivity contribution in [3.63, 3.8) is 0 Å². The van der Waals surface area contributed by atoms with Crippen LogP contribution in [-0.2, 0) is 19.1 Å². The first kappa shape index (κ1) is 15.6. The molecule has 0 saturated carbocycles. The van der Waals surface area contributed by atoms with Gasteiger partial charge in [0.25, 0.3) is 0 Å². The van der Waals surface area contributed by atoms with Crippen LogP contribution < -0.4 is 0 Å². The minimum atomic E-state index is -0.944. The third kappa shape index (κ3) is 10.8. The molecule has 0 fully saturated rings. The average Bonchev–Trinajstić information content (AvgIpc) is 2.18. The van der Waals surface area contributed by atoms with Gasteiger partial charge in [-0.15, -0.1) is 0 Å². The van der Waals surface area contributed by atoms with Gasteiger partial charge in [-0.1, -0.05) is 0 Å². The quantitative estimate of drug-likeness (QED) is 0.317. The number of carbonyl (C=O) groups excluding carboxylic acids is 2. The third-order valence-corrected chi connectivity index (χ3v) is 14.4. The van der Waals surface area contributed by atoms with Crippen molar-refractivity contribution < 1.29 is 19.1 Å². The van der Waals surface area contributed by atoms with Crippen molar-refractivity contribution in [2.24, 2.45) is 0 Å². The summed E-state index contributed by atoms with van der Waals surface area (Å²) < 4.78 is 9.56. The molecule has 0 spiro atoms. The van der Waals surface area contributed by atoms with E-state index in [9.17, 15) is 9.59 Å². The molecule has 0 aromatic carbocycles. The van der Waals surface area contributed by atoms with E-state index < -0.39 is 21.2 Å². The van der Waals surface area contributed by atoms with Crippen LogP contribution in [0, 0.1) is 0 Å². The van der Waals surface area contributed by atoms with Crippen LogP contribution in [-0.4, -0.2) is 57.9 Å². The zero-order valence-electron chi connectivity index (χ0n) is 8.78. The SMILES string of the molecule is CCOC(=O)C[S][Pb][S]CC(=O)OCC. The Labute approximate surface area is 107 Å². The summed E-state index contributed by atoms with van der Waals surface area (Å²) in [6.07, 6.45) is 0. The van der Waals surface area contributed by atoms with Crippen molar-refractivity contribution >= 4 is 49.8 Å². The molecule has 0 atom stereocenters. The summed E-state index contributed by atoms with van der Waals surface area (Å²) in [4.78, 5) is 21.9. The molecule has 4 nitrogen and oxygen atoms in total. The topological polar surface area (TPSA) is 52.6 Å². The summed E-state index contributed by atoms with van der Waals surface area (Å²) in [5, 5.41) is 0. The second-order valence-corrected chi connectivity index (χ2v) is 16.7. The van der Waals surface area contributed by atoms with Crippen molar-refractivity contribution in [3.05, 3.63) is 0 Å². The predicted molar refractivity (Wildman–Crippen MR) is 63.9 cm³/mol. The van der Waals surface area contributed by atoms with E-state index in [0.717, 1.165) is 0 Å². The standard InChI is InChI=1S/2C4H8O2S.Pb/c2*1-2-6-4(5)3-7;/h2*7H,2-3H2,1H3;/q;;+2/p-2. The van der Waals surface area contributed by atoms with Gasteiger partial charge in [0.15, 0.2) is 0 Å². The number of esters is 2. The van der Waals surface area contributed by atoms with Gasteiger partial charge in [-0.05, 0) is 0 Å². The predicted octanol–water partition coefficient (Wildman–Crippen LogP) is 1.11. The Kier molecular flexibility index (Phi) is 11.5. The van der Waals surface area contributed by atoms with Crippen molar-refractivity contribution in [2.75, 3.05) is 24.7 Å².